The summed E-state index contributed by atoms with van der Waals surface area (Å²) in [5, 5.41) is 0. The zero-order chi connectivity index (χ0) is 9.23. The van der Waals surface area contributed by atoms with Crippen LogP contribution in [0.2, 0.25) is 0 Å². The second kappa shape index (κ2) is 12.7. The normalized spacial score (nSPS) is 9.08. The topological polar surface area (TPSA) is 9.23 Å². The number of unbranched alkanes of at least 4 members (excludes halogenated alkanes) is 2. The maximum Gasteiger partial charge on any atom is 0.219 e. The van der Waals surface area contributed by atoms with Crippen LogP contribution in [0.1, 0.15) is 39.5 Å². The minimum Gasteiger partial charge on any atom is -0.479 e. The Labute approximate surface area is 101 Å². The fourth-order valence-electron chi connectivity index (χ4n) is 0.641. The van der Waals surface area contributed by atoms with Gasteiger partial charge in [0.1, 0.15) is 0 Å². The van der Waals surface area contributed by atoms with Gasteiger partial charge in [-0.15, -0.1) is 0 Å². The van der Waals surface area contributed by atoms with Crippen molar-refractivity contribution in [1.29, 1.82) is 0 Å². The summed E-state index contributed by atoms with van der Waals surface area (Å²) in [6.07, 6.45) is 4.73. The molecule has 82 valence electrons. The zero-order valence-electron chi connectivity index (χ0n) is 8.28. The van der Waals surface area contributed by atoms with E-state index >= 15 is 0 Å². The van der Waals surface area contributed by atoms with Crippen LogP contribution >= 0.6 is 24.0 Å². The number of ether oxygens (including phenoxy) is 1. The summed E-state index contributed by atoms with van der Waals surface area (Å²) in [4.78, 5) is 0. The average molecular weight is 265 g/mol. The molecular formula is C9H18NiOS2. The van der Waals surface area contributed by atoms with Gasteiger partial charge in [-0.05, 0) is 25.1 Å². The summed E-state index contributed by atoms with van der Waals surface area (Å²) in [5.41, 5.74) is 0. The van der Waals surface area contributed by atoms with Crippen molar-refractivity contribution in [2.45, 2.75) is 39.5 Å². The van der Waals surface area contributed by atoms with Crippen molar-refractivity contribution in [2.75, 3.05) is 12.4 Å². The summed E-state index contributed by atoms with van der Waals surface area (Å²) in [5.74, 6) is 1.10. The summed E-state index contributed by atoms with van der Waals surface area (Å²) in [6.45, 7) is 5.12. The van der Waals surface area contributed by atoms with E-state index < -0.39 is 0 Å². The van der Waals surface area contributed by atoms with Crippen molar-refractivity contribution in [1.82, 2.24) is 0 Å². The molecule has 0 unspecified atom stereocenters. The van der Waals surface area contributed by atoms with Crippen LogP contribution in [0.25, 0.3) is 0 Å². The van der Waals surface area contributed by atoms with Crippen LogP contribution in [0, 0.1) is 0 Å². The first kappa shape index (κ1) is 16.2. The number of hydrogen-bond donors (Lipinski definition) is 0. The molecule has 0 atom stereocenters. The predicted octanol–water partition coefficient (Wildman–Crippen LogP) is 3.62. The molecule has 0 saturated carbocycles. The smallest absolute Gasteiger partial charge is 0.219 e. The van der Waals surface area contributed by atoms with E-state index in [1.165, 1.54) is 19.3 Å². The molecule has 0 aliphatic carbocycles. The van der Waals surface area contributed by atoms with Crippen LogP contribution < -0.4 is 0 Å². The zero-order valence-corrected chi connectivity index (χ0v) is 10.9. The Morgan fingerprint density at radius 1 is 1.23 bits per heavy atom. The van der Waals surface area contributed by atoms with Crippen LogP contribution in [0.3, 0.4) is 0 Å². The average Bonchev–Trinajstić information content (AvgIpc) is 2.06. The molecule has 0 aliphatic rings. The standard InChI is InChI=1S/C9H18OS2.Ni/c1-3-5-7-10-9(11)12-8-6-4-2;/h3-8H2,1-2H3;. The molecule has 0 rings (SSSR count). The van der Waals surface area contributed by atoms with Crippen LogP contribution in [0.5, 0.6) is 0 Å². The van der Waals surface area contributed by atoms with E-state index in [9.17, 15) is 0 Å². The van der Waals surface area contributed by atoms with E-state index in [1.807, 2.05) is 0 Å². The van der Waals surface area contributed by atoms with E-state index in [-0.39, 0.29) is 16.5 Å². The van der Waals surface area contributed by atoms with Gasteiger partial charge in [0.05, 0.1) is 6.61 Å². The van der Waals surface area contributed by atoms with Crippen LogP contribution in [-0.4, -0.2) is 16.7 Å². The Balaban J connectivity index is 0. The van der Waals surface area contributed by atoms with Crippen LogP contribution in [0.15, 0.2) is 0 Å². The Kier molecular flexibility index (Phi) is 15.8. The molecule has 0 aliphatic heterocycles. The molecule has 0 radical (unpaired) electrons. The third kappa shape index (κ3) is 12.7. The van der Waals surface area contributed by atoms with E-state index in [0.717, 1.165) is 23.2 Å². The molecule has 0 bridgehead atoms. The summed E-state index contributed by atoms with van der Waals surface area (Å²) < 4.78 is 6.04. The second-order valence-electron chi connectivity index (χ2n) is 2.65. The first-order valence-corrected chi connectivity index (χ1v) is 6.00. The molecule has 1 nitrogen and oxygen atoms in total. The van der Waals surface area contributed by atoms with Gasteiger partial charge in [-0.25, -0.2) is 0 Å². The minimum absolute atomic E-state index is 0. The van der Waals surface area contributed by atoms with Gasteiger partial charge in [0.15, 0.2) is 0 Å². The SMILES string of the molecule is CCCCOC(=S)SCCCC.[Ni]. The first-order chi connectivity index (χ1) is 5.81. The van der Waals surface area contributed by atoms with Crippen molar-refractivity contribution in [2.24, 2.45) is 0 Å². The molecule has 0 aromatic heterocycles. The molecule has 0 aromatic carbocycles. The molecular weight excluding hydrogens is 247 g/mol. The van der Waals surface area contributed by atoms with Gasteiger partial charge in [0.25, 0.3) is 0 Å². The third-order valence-electron chi connectivity index (χ3n) is 1.44. The molecule has 4 heteroatoms. The summed E-state index contributed by atoms with van der Waals surface area (Å²) >= 11 is 6.68. The Bertz CT molecular complexity index is 108. The van der Waals surface area contributed by atoms with Gasteiger partial charge in [-0.3, -0.25) is 0 Å². The van der Waals surface area contributed by atoms with Crippen LogP contribution in [0.4, 0.5) is 0 Å². The largest absolute Gasteiger partial charge is 0.479 e. The van der Waals surface area contributed by atoms with Crippen molar-refractivity contribution in [3.63, 3.8) is 0 Å². The number of thioether (sulfide) groups is 1. The van der Waals surface area contributed by atoms with Gasteiger partial charge < -0.3 is 4.74 Å². The Hall–Kier alpha value is 0.734. The molecule has 0 N–H and O–H groups in total. The molecule has 0 amide bonds. The quantitative estimate of drug-likeness (QED) is 0.412. The summed E-state index contributed by atoms with van der Waals surface area (Å²) in [6, 6.07) is 0. The monoisotopic (exact) mass is 264 g/mol. The summed E-state index contributed by atoms with van der Waals surface area (Å²) in [7, 11) is 0. The van der Waals surface area contributed by atoms with Gasteiger partial charge in [-0.2, -0.15) is 0 Å². The first-order valence-electron chi connectivity index (χ1n) is 4.60. The molecule has 0 heterocycles. The molecule has 0 aromatic rings. The third-order valence-corrected chi connectivity index (χ3v) is 2.75. The van der Waals surface area contributed by atoms with Crippen molar-refractivity contribution >= 4 is 28.4 Å². The second-order valence-corrected chi connectivity index (χ2v) is 4.35. The maximum atomic E-state index is 5.32. The number of thiocarbonyl (C=S) groups is 1. The van der Waals surface area contributed by atoms with E-state index in [4.69, 9.17) is 17.0 Å². The van der Waals surface area contributed by atoms with Gasteiger partial charge >= 0.3 is 0 Å². The molecule has 13 heavy (non-hydrogen) atoms. The Morgan fingerprint density at radius 2 is 1.85 bits per heavy atom. The van der Waals surface area contributed by atoms with E-state index in [2.05, 4.69) is 13.8 Å². The predicted molar refractivity (Wildman–Crippen MR) is 60.8 cm³/mol. The van der Waals surface area contributed by atoms with E-state index in [0.29, 0.717) is 0 Å². The van der Waals surface area contributed by atoms with Crippen molar-refractivity contribution < 1.29 is 21.2 Å². The van der Waals surface area contributed by atoms with Gasteiger partial charge in [0, 0.05) is 22.2 Å². The number of hydrogen-bond acceptors (Lipinski definition) is 3. The Morgan fingerprint density at radius 3 is 2.38 bits per heavy atom. The minimum atomic E-state index is 0. The van der Waals surface area contributed by atoms with E-state index in [1.54, 1.807) is 11.8 Å². The molecule has 0 fully saturated rings. The fourth-order valence-corrected chi connectivity index (χ4v) is 1.74. The fraction of sp³-hybridized carbons (Fsp3) is 0.889. The molecule has 0 spiro atoms. The van der Waals surface area contributed by atoms with Crippen molar-refractivity contribution in [3.8, 4) is 0 Å². The van der Waals surface area contributed by atoms with Gasteiger partial charge in [0.2, 0.25) is 4.38 Å². The molecule has 0 saturated heterocycles. The number of rotatable bonds is 6. The maximum absolute atomic E-state index is 5.32. The van der Waals surface area contributed by atoms with Crippen LogP contribution in [-0.2, 0) is 21.2 Å². The van der Waals surface area contributed by atoms with Gasteiger partial charge in [-0.1, -0.05) is 38.5 Å². The van der Waals surface area contributed by atoms with Crippen molar-refractivity contribution in [3.05, 3.63) is 0 Å².